The summed E-state index contributed by atoms with van der Waals surface area (Å²) in [6.45, 7) is 5.62. The lowest BCUT2D eigenvalue weighted by Gasteiger charge is -2.28. The van der Waals surface area contributed by atoms with Crippen molar-refractivity contribution in [3.8, 4) is 5.75 Å². The van der Waals surface area contributed by atoms with E-state index in [9.17, 15) is 18.8 Å². The molecule has 0 unspecified atom stereocenters. The van der Waals surface area contributed by atoms with E-state index in [4.69, 9.17) is 9.47 Å². The van der Waals surface area contributed by atoms with Crippen LogP contribution < -0.4 is 15.4 Å². The Morgan fingerprint density at radius 1 is 1.28 bits per heavy atom. The molecule has 8 nitrogen and oxygen atoms in total. The van der Waals surface area contributed by atoms with Gasteiger partial charge in [0.1, 0.15) is 18.0 Å². The van der Waals surface area contributed by atoms with E-state index in [1.807, 2.05) is 0 Å². The number of amides is 3. The number of fused-ring (bicyclic) bond motifs is 1. The number of alkyl carbamates (subject to hydrolysis) is 1. The molecule has 3 amide bonds. The largest absolute Gasteiger partial charge is 0.489 e. The Kier molecular flexibility index (Phi) is 7.37. The SMILES string of the molecule is CC(C)(C)OC(=O)NC/C(=C\F)COc1ccc2c(c1)CCN(CC(=O)NC1CC1)C2=O. The maximum absolute atomic E-state index is 13.2. The first kappa shape index (κ1) is 23.6. The van der Waals surface area contributed by atoms with E-state index in [0.29, 0.717) is 30.6 Å². The summed E-state index contributed by atoms with van der Waals surface area (Å²) in [5.41, 5.74) is 0.953. The van der Waals surface area contributed by atoms with Gasteiger partial charge in [0.25, 0.3) is 5.91 Å². The van der Waals surface area contributed by atoms with Crippen LogP contribution in [0.15, 0.2) is 30.1 Å². The molecule has 174 valence electrons. The maximum atomic E-state index is 13.2. The number of hydrogen-bond acceptors (Lipinski definition) is 5. The summed E-state index contributed by atoms with van der Waals surface area (Å²) in [5, 5.41) is 5.38. The molecule has 1 heterocycles. The number of rotatable bonds is 8. The Morgan fingerprint density at radius 2 is 2.03 bits per heavy atom. The number of nitrogens with one attached hydrogen (secondary N) is 2. The van der Waals surface area contributed by atoms with Gasteiger partial charge in [-0.25, -0.2) is 9.18 Å². The maximum Gasteiger partial charge on any atom is 0.407 e. The van der Waals surface area contributed by atoms with Crippen molar-refractivity contribution in [2.24, 2.45) is 0 Å². The number of benzene rings is 1. The van der Waals surface area contributed by atoms with Crippen molar-refractivity contribution in [2.45, 2.75) is 51.7 Å². The number of nitrogens with zero attached hydrogens (tertiary/aromatic N) is 1. The molecule has 1 aromatic carbocycles. The average molecular weight is 448 g/mol. The van der Waals surface area contributed by atoms with E-state index < -0.39 is 11.7 Å². The Bertz CT molecular complexity index is 905. The molecule has 2 N–H and O–H groups in total. The number of carbonyl (C=O) groups excluding carboxylic acids is 3. The number of carbonyl (C=O) groups is 3. The van der Waals surface area contributed by atoms with Gasteiger partial charge in [0.2, 0.25) is 5.91 Å². The third kappa shape index (κ3) is 6.96. The molecule has 0 saturated heterocycles. The van der Waals surface area contributed by atoms with Crippen LogP contribution in [0.2, 0.25) is 0 Å². The monoisotopic (exact) mass is 447 g/mol. The van der Waals surface area contributed by atoms with Crippen LogP contribution in [0.5, 0.6) is 5.75 Å². The first-order valence-corrected chi connectivity index (χ1v) is 10.7. The van der Waals surface area contributed by atoms with E-state index in [0.717, 1.165) is 18.4 Å². The van der Waals surface area contributed by atoms with Crippen molar-refractivity contribution < 1.29 is 28.2 Å². The van der Waals surface area contributed by atoms with Crippen LogP contribution in [0.1, 0.15) is 49.5 Å². The highest BCUT2D eigenvalue weighted by molar-refractivity contribution is 5.99. The van der Waals surface area contributed by atoms with Crippen molar-refractivity contribution >= 4 is 17.9 Å². The number of hydrogen-bond donors (Lipinski definition) is 2. The second-order valence-electron chi connectivity index (χ2n) is 9.05. The van der Waals surface area contributed by atoms with Crippen LogP contribution >= 0.6 is 0 Å². The fourth-order valence-corrected chi connectivity index (χ4v) is 3.22. The first-order chi connectivity index (χ1) is 15.1. The van der Waals surface area contributed by atoms with Gasteiger partial charge in [-0.15, -0.1) is 0 Å². The summed E-state index contributed by atoms with van der Waals surface area (Å²) in [6.07, 6.45) is 2.35. The van der Waals surface area contributed by atoms with Crippen molar-refractivity contribution in [1.82, 2.24) is 15.5 Å². The van der Waals surface area contributed by atoms with Gasteiger partial charge < -0.3 is 25.0 Å². The molecule has 3 rings (SSSR count). The molecular formula is C23H30FN3O5. The van der Waals surface area contributed by atoms with Gasteiger partial charge in [-0.3, -0.25) is 9.59 Å². The molecule has 32 heavy (non-hydrogen) atoms. The van der Waals surface area contributed by atoms with Crippen LogP contribution in [0.3, 0.4) is 0 Å². The van der Waals surface area contributed by atoms with Crippen LogP contribution in [-0.2, 0) is 16.0 Å². The molecule has 0 radical (unpaired) electrons. The van der Waals surface area contributed by atoms with E-state index >= 15 is 0 Å². The van der Waals surface area contributed by atoms with Crippen molar-refractivity contribution in [3.05, 3.63) is 41.2 Å². The van der Waals surface area contributed by atoms with Crippen LogP contribution in [0, 0.1) is 0 Å². The highest BCUT2D eigenvalue weighted by Crippen LogP contribution is 2.24. The lowest BCUT2D eigenvalue weighted by molar-refractivity contribution is -0.122. The fourth-order valence-electron chi connectivity index (χ4n) is 3.22. The minimum Gasteiger partial charge on any atom is -0.489 e. The standard InChI is InChI=1S/C23H30FN3O5/c1-23(2,3)32-22(30)25-12-15(11-24)14-31-18-6-7-19-16(10-18)8-9-27(21(19)29)13-20(28)26-17-4-5-17/h6-7,10-11,17H,4-5,8-9,12-14H2,1-3H3,(H,25,30)(H,26,28)/b15-11+. The predicted molar refractivity (Wildman–Crippen MR) is 116 cm³/mol. The fraction of sp³-hybridized carbons (Fsp3) is 0.522. The van der Waals surface area contributed by atoms with Gasteiger partial charge in [-0.05, 0) is 63.8 Å². The topological polar surface area (TPSA) is 97.0 Å². The quantitative estimate of drug-likeness (QED) is 0.639. The van der Waals surface area contributed by atoms with E-state index in [1.165, 1.54) is 0 Å². The average Bonchev–Trinajstić information content (AvgIpc) is 3.53. The molecule has 0 atom stereocenters. The molecule has 1 aliphatic carbocycles. The minimum atomic E-state index is -0.642. The summed E-state index contributed by atoms with van der Waals surface area (Å²) < 4.78 is 24.0. The highest BCUT2D eigenvalue weighted by atomic mass is 19.1. The summed E-state index contributed by atoms with van der Waals surface area (Å²) in [7, 11) is 0. The number of ether oxygens (including phenoxy) is 2. The first-order valence-electron chi connectivity index (χ1n) is 10.7. The third-order valence-electron chi connectivity index (χ3n) is 4.96. The minimum absolute atomic E-state index is 0.0489. The Hall–Kier alpha value is -3.10. The summed E-state index contributed by atoms with van der Waals surface area (Å²) in [5.74, 6) is 0.178. The second-order valence-corrected chi connectivity index (χ2v) is 9.05. The molecule has 1 aliphatic heterocycles. The van der Waals surface area contributed by atoms with Crippen molar-refractivity contribution in [2.75, 3.05) is 26.2 Å². The summed E-state index contributed by atoms with van der Waals surface area (Å²) in [4.78, 5) is 38.0. The van der Waals surface area contributed by atoms with E-state index in [2.05, 4.69) is 10.6 Å². The van der Waals surface area contributed by atoms with E-state index in [-0.39, 0.29) is 43.1 Å². The van der Waals surface area contributed by atoms with Crippen molar-refractivity contribution in [3.63, 3.8) is 0 Å². The molecular weight excluding hydrogens is 417 g/mol. The van der Waals surface area contributed by atoms with Gasteiger partial charge in [0, 0.05) is 30.3 Å². The van der Waals surface area contributed by atoms with Gasteiger partial charge >= 0.3 is 6.09 Å². The van der Waals surface area contributed by atoms with Crippen LogP contribution in [0.4, 0.5) is 9.18 Å². The number of halogens is 1. The molecule has 9 heteroatoms. The summed E-state index contributed by atoms with van der Waals surface area (Å²) in [6, 6.07) is 5.32. The zero-order valence-electron chi connectivity index (χ0n) is 18.7. The highest BCUT2D eigenvalue weighted by Gasteiger charge is 2.29. The normalized spacial score (nSPS) is 16.3. The Morgan fingerprint density at radius 3 is 2.69 bits per heavy atom. The molecule has 0 bridgehead atoms. The Labute approximate surface area is 187 Å². The second kappa shape index (κ2) is 10.0. The van der Waals surface area contributed by atoms with Crippen LogP contribution in [-0.4, -0.2) is 60.7 Å². The lowest BCUT2D eigenvalue weighted by atomic mass is 9.98. The molecule has 1 aromatic rings. The summed E-state index contributed by atoms with van der Waals surface area (Å²) >= 11 is 0. The van der Waals surface area contributed by atoms with E-state index in [1.54, 1.807) is 43.9 Å². The predicted octanol–water partition coefficient (Wildman–Crippen LogP) is 2.72. The van der Waals surface area contributed by atoms with Crippen LogP contribution in [0.25, 0.3) is 0 Å². The van der Waals surface area contributed by atoms with Gasteiger partial charge in [0.05, 0.1) is 12.9 Å². The van der Waals surface area contributed by atoms with Gasteiger partial charge in [-0.2, -0.15) is 0 Å². The van der Waals surface area contributed by atoms with Gasteiger partial charge in [-0.1, -0.05) is 0 Å². The molecule has 1 saturated carbocycles. The molecule has 2 aliphatic rings. The smallest absolute Gasteiger partial charge is 0.407 e. The third-order valence-corrected chi connectivity index (χ3v) is 4.96. The van der Waals surface area contributed by atoms with Gasteiger partial charge in [0.15, 0.2) is 0 Å². The molecule has 0 aromatic heterocycles. The molecule has 1 fully saturated rings. The Balaban J connectivity index is 1.51. The zero-order chi connectivity index (χ0) is 23.3. The zero-order valence-corrected chi connectivity index (χ0v) is 18.7. The van der Waals surface area contributed by atoms with Crippen molar-refractivity contribution in [1.29, 1.82) is 0 Å². The lowest BCUT2D eigenvalue weighted by Crippen LogP contribution is -2.44. The molecule has 0 spiro atoms.